The number of hydrogen-bond donors (Lipinski definition) is 0. The van der Waals surface area contributed by atoms with Crippen molar-refractivity contribution in [1.29, 1.82) is 0 Å². The van der Waals surface area contributed by atoms with E-state index >= 15 is 0 Å². The predicted octanol–water partition coefficient (Wildman–Crippen LogP) is 1.94. The van der Waals surface area contributed by atoms with Crippen LogP contribution in [0.3, 0.4) is 0 Å². The minimum atomic E-state index is 0.0760. The molecule has 1 amide bonds. The number of carbonyl (C=O) groups is 1. The van der Waals surface area contributed by atoms with Gasteiger partial charge in [0, 0.05) is 63.0 Å². The molecule has 0 N–H and O–H groups in total. The van der Waals surface area contributed by atoms with Gasteiger partial charge in [0.15, 0.2) is 0 Å². The molecule has 0 spiro atoms. The average molecular weight is 314 g/mol. The van der Waals surface area contributed by atoms with Gasteiger partial charge in [0.05, 0.1) is 6.61 Å². The minimum absolute atomic E-state index is 0.0760. The number of methoxy groups -OCH3 is 1. The van der Waals surface area contributed by atoms with Crippen molar-refractivity contribution in [3.63, 3.8) is 0 Å². The fraction of sp³-hybridized carbons (Fsp3) is 0.471. The van der Waals surface area contributed by atoms with E-state index in [1.807, 2.05) is 17.3 Å². The lowest BCUT2D eigenvalue weighted by Gasteiger charge is -2.32. The van der Waals surface area contributed by atoms with Gasteiger partial charge in [-0.1, -0.05) is 0 Å². The van der Waals surface area contributed by atoms with E-state index in [0.29, 0.717) is 18.7 Å². The highest BCUT2D eigenvalue weighted by Crippen LogP contribution is 2.26. The molecule has 1 fully saturated rings. The van der Waals surface area contributed by atoms with E-state index < -0.39 is 0 Å². The number of pyridine rings is 1. The van der Waals surface area contributed by atoms with Crippen LogP contribution in [0, 0.1) is 0 Å². The lowest BCUT2D eigenvalue weighted by Crippen LogP contribution is -2.39. The molecule has 3 rings (SSSR count). The van der Waals surface area contributed by atoms with Gasteiger partial charge in [0.25, 0.3) is 5.91 Å². The Hall–Kier alpha value is -2.21. The number of hydrogen-bond acceptors (Lipinski definition) is 4. The van der Waals surface area contributed by atoms with Crippen LogP contribution in [0.2, 0.25) is 0 Å². The third kappa shape index (κ3) is 3.59. The largest absolute Gasteiger partial charge is 0.383 e. The van der Waals surface area contributed by atoms with Gasteiger partial charge in [0.2, 0.25) is 0 Å². The molecule has 23 heavy (non-hydrogen) atoms. The number of nitrogens with zero attached hydrogens (tertiary/aromatic N) is 4. The van der Waals surface area contributed by atoms with Crippen LogP contribution in [0.4, 0.5) is 0 Å². The smallest absolute Gasteiger partial charge is 0.253 e. The lowest BCUT2D eigenvalue weighted by atomic mass is 9.96. The van der Waals surface area contributed by atoms with Crippen molar-refractivity contribution < 1.29 is 9.53 Å². The maximum absolute atomic E-state index is 12.6. The van der Waals surface area contributed by atoms with Gasteiger partial charge in [-0.25, -0.2) is 4.98 Å². The normalized spacial score (nSPS) is 18.1. The average Bonchev–Trinajstić information content (AvgIpc) is 3.08. The lowest BCUT2D eigenvalue weighted by molar-refractivity contribution is 0.0702. The van der Waals surface area contributed by atoms with Crippen LogP contribution in [0.1, 0.15) is 34.9 Å². The molecule has 0 saturated carbocycles. The summed E-state index contributed by atoms with van der Waals surface area (Å²) in [6.07, 6.45) is 9.19. The van der Waals surface area contributed by atoms with E-state index in [9.17, 15) is 4.79 Å². The summed E-state index contributed by atoms with van der Waals surface area (Å²) in [5, 5.41) is 0. The highest BCUT2D eigenvalue weighted by atomic mass is 16.5. The van der Waals surface area contributed by atoms with Crippen molar-refractivity contribution in [2.45, 2.75) is 25.3 Å². The van der Waals surface area contributed by atoms with Gasteiger partial charge < -0.3 is 14.2 Å². The Bertz CT molecular complexity index is 641. The second kappa shape index (κ2) is 7.37. The summed E-state index contributed by atoms with van der Waals surface area (Å²) in [6, 6.07) is 3.54. The van der Waals surface area contributed by atoms with E-state index in [1.165, 1.54) is 0 Å². The molecule has 0 aromatic carbocycles. The molecule has 1 unspecified atom stereocenters. The molecular formula is C17H22N4O2. The van der Waals surface area contributed by atoms with Crippen molar-refractivity contribution >= 4 is 5.91 Å². The van der Waals surface area contributed by atoms with E-state index in [-0.39, 0.29) is 11.8 Å². The fourth-order valence-electron chi connectivity index (χ4n) is 3.11. The molecule has 6 nitrogen and oxygen atoms in total. The Balaban J connectivity index is 1.71. The van der Waals surface area contributed by atoms with E-state index in [1.54, 1.807) is 31.6 Å². The van der Waals surface area contributed by atoms with Crippen LogP contribution in [-0.2, 0) is 11.3 Å². The summed E-state index contributed by atoms with van der Waals surface area (Å²) in [5.74, 6) is 1.41. The standard InChI is InChI=1S/C17H22N4O2/c1-23-12-11-20-10-8-19-16(20)15-3-2-9-21(13-15)17(22)14-4-6-18-7-5-14/h4-8,10,15H,2-3,9,11-13H2,1H3. The van der Waals surface area contributed by atoms with Crippen molar-refractivity contribution in [3.05, 3.63) is 48.3 Å². The summed E-state index contributed by atoms with van der Waals surface area (Å²) in [5.41, 5.74) is 0.698. The van der Waals surface area contributed by atoms with Crippen molar-refractivity contribution in [2.75, 3.05) is 26.8 Å². The maximum Gasteiger partial charge on any atom is 0.253 e. The maximum atomic E-state index is 12.6. The highest BCUT2D eigenvalue weighted by molar-refractivity contribution is 5.94. The number of piperidine rings is 1. The molecule has 0 aliphatic carbocycles. The first-order chi connectivity index (χ1) is 11.3. The second-order valence-electron chi connectivity index (χ2n) is 5.80. The summed E-state index contributed by atoms with van der Waals surface area (Å²) < 4.78 is 7.29. The van der Waals surface area contributed by atoms with Crippen molar-refractivity contribution in [3.8, 4) is 0 Å². The monoisotopic (exact) mass is 314 g/mol. The Morgan fingerprint density at radius 1 is 1.35 bits per heavy atom. The van der Waals surface area contributed by atoms with Gasteiger partial charge in [-0.3, -0.25) is 9.78 Å². The van der Waals surface area contributed by atoms with Gasteiger partial charge >= 0.3 is 0 Å². The van der Waals surface area contributed by atoms with Gasteiger partial charge in [0.1, 0.15) is 5.82 Å². The fourth-order valence-corrected chi connectivity index (χ4v) is 3.11. The first-order valence-corrected chi connectivity index (χ1v) is 7.99. The molecule has 0 radical (unpaired) electrons. The SMILES string of the molecule is COCCn1ccnc1C1CCCN(C(=O)c2ccncc2)C1. The van der Waals surface area contributed by atoms with Crippen LogP contribution in [0.25, 0.3) is 0 Å². The van der Waals surface area contributed by atoms with Crippen LogP contribution >= 0.6 is 0 Å². The quantitative estimate of drug-likeness (QED) is 0.846. The molecule has 3 heterocycles. The number of aromatic nitrogens is 3. The molecule has 0 bridgehead atoms. The zero-order valence-corrected chi connectivity index (χ0v) is 13.4. The molecule has 6 heteroatoms. The Morgan fingerprint density at radius 2 is 2.17 bits per heavy atom. The molecule has 2 aromatic rings. The number of imidazole rings is 1. The van der Waals surface area contributed by atoms with Gasteiger partial charge in [-0.05, 0) is 25.0 Å². The molecule has 1 aliphatic rings. The summed E-state index contributed by atoms with van der Waals surface area (Å²) >= 11 is 0. The second-order valence-corrected chi connectivity index (χ2v) is 5.80. The van der Waals surface area contributed by atoms with Gasteiger partial charge in [-0.2, -0.15) is 0 Å². The Kier molecular flexibility index (Phi) is 5.02. The molecule has 1 saturated heterocycles. The summed E-state index contributed by atoms with van der Waals surface area (Å²) in [6.45, 7) is 2.97. The summed E-state index contributed by atoms with van der Waals surface area (Å²) in [4.78, 5) is 23.0. The zero-order valence-electron chi connectivity index (χ0n) is 13.4. The number of likely N-dealkylation sites (tertiary alicyclic amines) is 1. The number of amides is 1. The third-order valence-corrected chi connectivity index (χ3v) is 4.29. The van der Waals surface area contributed by atoms with E-state index in [0.717, 1.165) is 31.8 Å². The number of ether oxygens (including phenoxy) is 1. The third-order valence-electron chi connectivity index (χ3n) is 4.29. The Morgan fingerprint density at radius 3 is 2.96 bits per heavy atom. The first kappa shape index (κ1) is 15.7. The first-order valence-electron chi connectivity index (χ1n) is 7.99. The molecule has 122 valence electrons. The summed E-state index contributed by atoms with van der Waals surface area (Å²) in [7, 11) is 1.70. The van der Waals surface area contributed by atoms with Crippen LogP contribution < -0.4 is 0 Å². The molecule has 1 aliphatic heterocycles. The highest BCUT2D eigenvalue weighted by Gasteiger charge is 2.27. The van der Waals surface area contributed by atoms with E-state index in [2.05, 4.69) is 14.5 Å². The predicted molar refractivity (Wildman–Crippen MR) is 86.2 cm³/mol. The number of rotatable bonds is 5. The zero-order chi connectivity index (χ0) is 16.1. The van der Waals surface area contributed by atoms with Crippen LogP contribution in [0.5, 0.6) is 0 Å². The van der Waals surface area contributed by atoms with Gasteiger partial charge in [-0.15, -0.1) is 0 Å². The van der Waals surface area contributed by atoms with Crippen LogP contribution in [-0.4, -0.2) is 52.1 Å². The minimum Gasteiger partial charge on any atom is -0.383 e. The molecule has 1 atom stereocenters. The van der Waals surface area contributed by atoms with E-state index in [4.69, 9.17) is 4.74 Å². The molecular weight excluding hydrogens is 292 g/mol. The number of carbonyl (C=O) groups excluding carboxylic acids is 1. The van der Waals surface area contributed by atoms with Crippen molar-refractivity contribution in [1.82, 2.24) is 19.4 Å². The Labute approximate surface area is 136 Å². The topological polar surface area (TPSA) is 60.2 Å². The van der Waals surface area contributed by atoms with Crippen molar-refractivity contribution in [2.24, 2.45) is 0 Å². The van der Waals surface area contributed by atoms with Crippen LogP contribution in [0.15, 0.2) is 36.9 Å². The molecule has 2 aromatic heterocycles.